The molecule has 0 saturated carbocycles. The zero-order valence-corrected chi connectivity index (χ0v) is 14.5. The van der Waals surface area contributed by atoms with Crippen molar-refractivity contribution in [2.24, 2.45) is 0 Å². The van der Waals surface area contributed by atoms with Crippen LogP contribution in [-0.4, -0.2) is 22.9 Å². The third-order valence-electron chi connectivity index (χ3n) is 3.96. The molecule has 0 atom stereocenters. The summed E-state index contributed by atoms with van der Waals surface area (Å²) in [5, 5.41) is 3.19. The van der Waals surface area contributed by atoms with Crippen LogP contribution in [0, 0.1) is 13.8 Å². The van der Waals surface area contributed by atoms with Crippen molar-refractivity contribution in [1.82, 2.24) is 9.97 Å². The molecule has 126 valence electrons. The van der Waals surface area contributed by atoms with Gasteiger partial charge >= 0.3 is 0 Å². The van der Waals surface area contributed by atoms with Crippen molar-refractivity contribution in [1.29, 1.82) is 0 Å². The normalized spacial score (nSPS) is 10.4. The van der Waals surface area contributed by atoms with E-state index in [1.165, 1.54) is 0 Å². The lowest BCUT2D eigenvalue weighted by molar-refractivity contribution is 0.0988. The molecule has 1 aromatic heterocycles. The zero-order valence-electron chi connectivity index (χ0n) is 14.5. The van der Waals surface area contributed by atoms with Gasteiger partial charge in [0.25, 0.3) is 5.91 Å². The number of aromatic nitrogens is 2. The van der Waals surface area contributed by atoms with Crippen molar-refractivity contribution >= 4 is 23.2 Å². The Labute approximate surface area is 147 Å². The Bertz CT molecular complexity index is 893. The molecule has 5 nitrogen and oxygen atoms in total. The second-order valence-corrected chi connectivity index (χ2v) is 5.91. The molecule has 1 amide bonds. The number of nitrogens with one attached hydrogen (secondary N) is 1. The Balaban J connectivity index is 1.84. The summed E-state index contributed by atoms with van der Waals surface area (Å²) in [6, 6.07) is 17.2. The van der Waals surface area contributed by atoms with Gasteiger partial charge in [-0.1, -0.05) is 30.3 Å². The average molecular weight is 332 g/mol. The second kappa shape index (κ2) is 7.13. The number of hydrogen-bond donors (Lipinski definition) is 1. The quantitative estimate of drug-likeness (QED) is 0.781. The van der Waals surface area contributed by atoms with Gasteiger partial charge in [0.2, 0.25) is 5.95 Å². The Kier molecular flexibility index (Phi) is 4.75. The maximum absolute atomic E-state index is 12.7. The van der Waals surface area contributed by atoms with Crippen molar-refractivity contribution in [3.63, 3.8) is 0 Å². The molecule has 0 aliphatic rings. The van der Waals surface area contributed by atoms with Gasteiger partial charge in [-0.25, -0.2) is 9.97 Å². The van der Waals surface area contributed by atoms with Crippen LogP contribution in [0.1, 0.15) is 21.6 Å². The molecule has 3 aromatic rings. The summed E-state index contributed by atoms with van der Waals surface area (Å²) in [5.74, 6) is 0.221. The number of aryl methyl sites for hydroxylation is 2. The SMILES string of the molecule is Cc1ccc(C)c(Nc2nccc(C(=O)N(C)c3ccccc3)n2)c1. The van der Waals surface area contributed by atoms with Gasteiger partial charge in [0.05, 0.1) is 0 Å². The fourth-order valence-electron chi connectivity index (χ4n) is 2.47. The van der Waals surface area contributed by atoms with Crippen molar-refractivity contribution in [2.75, 3.05) is 17.3 Å². The van der Waals surface area contributed by atoms with E-state index in [1.54, 1.807) is 24.2 Å². The highest BCUT2D eigenvalue weighted by molar-refractivity contribution is 6.04. The van der Waals surface area contributed by atoms with Gasteiger partial charge < -0.3 is 10.2 Å². The maximum Gasteiger partial charge on any atom is 0.276 e. The standard InChI is InChI=1S/C20H20N4O/c1-14-9-10-15(2)18(13-14)23-20-21-12-11-17(22-20)19(25)24(3)16-7-5-4-6-8-16/h4-13H,1-3H3,(H,21,22,23). The van der Waals surface area contributed by atoms with E-state index < -0.39 is 0 Å². The third kappa shape index (κ3) is 3.83. The van der Waals surface area contributed by atoms with Crippen LogP contribution in [0.2, 0.25) is 0 Å². The minimum Gasteiger partial charge on any atom is -0.324 e. The van der Waals surface area contributed by atoms with Crippen LogP contribution in [0.3, 0.4) is 0 Å². The first kappa shape index (κ1) is 16.6. The van der Waals surface area contributed by atoms with Crippen molar-refractivity contribution in [3.8, 4) is 0 Å². The number of carbonyl (C=O) groups excluding carboxylic acids is 1. The second-order valence-electron chi connectivity index (χ2n) is 5.91. The molecular formula is C20H20N4O. The Morgan fingerprint density at radius 3 is 2.56 bits per heavy atom. The Morgan fingerprint density at radius 2 is 1.80 bits per heavy atom. The Morgan fingerprint density at radius 1 is 1.04 bits per heavy atom. The summed E-state index contributed by atoms with van der Waals surface area (Å²) in [5.41, 5.74) is 4.32. The van der Waals surface area contributed by atoms with Crippen LogP contribution in [0.5, 0.6) is 0 Å². The van der Waals surface area contributed by atoms with Gasteiger partial charge in [0, 0.05) is 24.6 Å². The van der Waals surface area contributed by atoms with E-state index in [1.807, 2.05) is 56.3 Å². The molecule has 0 aliphatic heterocycles. The molecule has 3 rings (SSSR count). The molecule has 1 heterocycles. The van der Waals surface area contributed by atoms with Crippen molar-refractivity contribution in [3.05, 3.63) is 77.6 Å². The highest BCUT2D eigenvalue weighted by Gasteiger charge is 2.15. The molecule has 0 spiro atoms. The average Bonchev–Trinajstić information content (AvgIpc) is 2.64. The minimum atomic E-state index is -0.183. The number of amides is 1. The summed E-state index contributed by atoms with van der Waals surface area (Å²) >= 11 is 0. The molecule has 0 saturated heterocycles. The molecule has 0 aliphatic carbocycles. The van der Waals surface area contributed by atoms with Crippen LogP contribution >= 0.6 is 0 Å². The smallest absolute Gasteiger partial charge is 0.276 e. The highest BCUT2D eigenvalue weighted by atomic mass is 16.2. The van der Waals surface area contributed by atoms with E-state index in [0.29, 0.717) is 11.6 Å². The van der Waals surface area contributed by atoms with E-state index in [-0.39, 0.29) is 5.91 Å². The summed E-state index contributed by atoms with van der Waals surface area (Å²) in [6.07, 6.45) is 1.59. The van der Waals surface area contributed by atoms with E-state index in [4.69, 9.17) is 0 Å². The molecular weight excluding hydrogens is 312 g/mol. The molecule has 0 fully saturated rings. The molecule has 0 bridgehead atoms. The lowest BCUT2D eigenvalue weighted by Crippen LogP contribution is -2.27. The lowest BCUT2D eigenvalue weighted by Gasteiger charge is -2.17. The summed E-state index contributed by atoms with van der Waals surface area (Å²) in [6.45, 7) is 4.04. The number of hydrogen-bond acceptors (Lipinski definition) is 4. The molecule has 5 heteroatoms. The first-order valence-electron chi connectivity index (χ1n) is 8.05. The summed E-state index contributed by atoms with van der Waals surface area (Å²) < 4.78 is 0. The first-order chi connectivity index (χ1) is 12.0. The van der Waals surface area contributed by atoms with Gasteiger partial charge in [-0.2, -0.15) is 0 Å². The van der Waals surface area contributed by atoms with E-state index in [2.05, 4.69) is 21.4 Å². The maximum atomic E-state index is 12.7. The Hall–Kier alpha value is -3.21. The van der Waals surface area contributed by atoms with Crippen molar-refractivity contribution < 1.29 is 4.79 Å². The van der Waals surface area contributed by atoms with Crippen molar-refractivity contribution in [2.45, 2.75) is 13.8 Å². The summed E-state index contributed by atoms with van der Waals surface area (Å²) in [7, 11) is 1.73. The summed E-state index contributed by atoms with van der Waals surface area (Å²) in [4.78, 5) is 22.9. The predicted molar refractivity (Wildman–Crippen MR) is 100 cm³/mol. The largest absolute Gasteiger partial charge is 0.324 e. The van der Waals surface area contributed by atoms with Crippen LogP contribution < -0.4 is 10.2 Å². The number of benzene rings is 2. The van der Waals surface area contributed by atoms with Gasteiger partial charge in [-0.3, -0.25) is 4.79 Å². The topological polar surface area (TPSA) is 58.1 Å². The number of anilines is 3. The monoisotopic (exact) mass is 332 g/mol. The van der Waals surface area contributed by atoms with Gasteiger partial charge in [0.15, 0.2) is 0 Å². The first-order valence-corrected chi connectivity index (χ1v) is 8.05. The number of nitrogens with zero attached hydrogens (tertiary/aromatic N) is 3. The van der Waals surface area contributed by atoms with Crippen LogP contribution in [0.15, 0.2) is 60.8 Å². The molecule has 25 heavy (non-hydrogen) atoms. The van der Waals surface area contributed by atoms with E-state index >= 15 is 0 Å². The lowest BCUT2D eigenvalue weighted by atomic mass is 10.1. The third-order valence-corrected chi connectivity index (χ3v) is 3.96. The van der Waals surface area contributed by atoms with Gasteiger partial charge in [-0.15, -0.1) is 0 Å². The molecule has 0 unspecified atom stereocenters. The zero-order chi connectivity index (χ0) is 17.8. The van der Waals surface area contributed by atoms with Crippen LogP contribution in [0.25, 0.3) is 0 Å². The molecule has 2 aromatic carbocycles. The fraction of sp³-hybridized carbons (Fsp3) is 0.150. The number of carbonyl (C=O) groups is 1. The number of para-hydroxylation sites is 1. The molecule has 1 N–H and O–H groups in total. The minimum absolute atomic E-state index is 0.183. The number of rotatable bonds is 4. The predicted octanol–water partition coefficient (Wildman–Crippen LogP) is 4.11. The van der Waals surface area contributed by atoms with Gasteiger partial charge in [-0.05, 0) is 49.2 Å². The fourth-order valence-corrected chi connectivity index (χ4v) is 2.47. The molecule has 0 radical (unpaired) electrons. The van der Waals surface area contributed by atoms with Gasteiger partial charge in [0.1, 0.15) is 5.69 Å². The highest BCUT2D eigenvalue weighted by Crippen LogP contribution is 2.20. The van der Waals surface area contributed by atoms with Crippen LogP contribution in [-0.2, 0) is 0 Å². The van der Waals surface area contributed by atoms with E-state index in [9.17, 15) is 4.79 Å². The van der Waals surface area contributed by atoms with Crippen LogP contribution in [0.4, 0.5) is 17.3 Å². The van der Waals surface area contributed by atoms with E-state index in [0.717, 1.165) is 22.5 Å².